The minimum atomic E-state index is 0.630. The molecule has 0 aliphatic rings. The van der Waals surface area contributed by atoms with E-state index in [2.05, 4.69) is 10.1 Å². The first-order chi connectivity index (χ1) is 6.27. The van der Waals surface area contributed by atoms with Gasteiger partial charge in [0.1, 0.15) is 0 Å². The second-order valence-corrected chi connectivity index (χ2v) is 2.88. The Labute approximate surface area is 78.4 Å². The van der Waals surface area contributed by atoms with Gasteiger partial charge in [0.15, 0.2) is 0 Å². The van der Waals surface area contributed by atoms with Crippen LogP contribution in [0.5, 0.6) is 0 Å². The zero-order valence-electron chi connectivity index (χ0n) is 7.31. The quantitative estimate of drug-likeness (QED) is 0.546. The minimum absolute atomic E-state index is 0.630. The monoisotopic (exact) mass is 167 g/mol. The van der Waals surface area contributed by atoms with Crippen LogP contribution in [0.4, 0.5) is 0 Å². The topological polar surface area (TPSA) is 30.7 Å². The summed E-state index contributed by atoms with van der Waals surface area (Å²) in [5, 5.41) is 4.75. The number of nitrogens with zero attached hydrogens (tertiary/aromatic N) is 3. The van der Waals surface area contributed by atoms with Crippen LogP contribution in [-0.2, 0) is 0 Å². The molecule has 5 heteroatoms. The van der Waals surface area contributed by atoms with Crippen molar-refractivity contribution in [3.05, 3.63) is 30.1 Å². The van der Waals surface area contributed by atoms with E-state index in [0.29, 0.717) is 11.2 Å². The molecular formula is C8H7B2N3. The number of aromatic nitrogens is 3. The zero-order valence-corrected chi connectivity index (χ0v) is 7.31. The third kappa shape index (κ3) is 1.54. The summed E-state index contributed by atoms with van der Waals surface area (Å²) >= 11 is 0. The number of rotatable bonds is 1. The van der Waals surface area contributed by atoms with Crippen LogP contribution < -0.4 is 5.36 Å². The fourth-order valence-corrected chi connectivity index (χ4v) is 1.13. The third-order valence-corrected chi connectivity index (χ3v) is 1.75. The molecule has 0 amide bonds. The van der Waals surface area contributed by atoms with E-state index in [-0.39, 0.29) is 0 Å². The van der Waals surface area contributed by atoms with Crippen molar-refractivity contribution in [1.82, 2.24) is 14.8 Å². The molecule has 2 heterocycles. The summed E-state index contributed by atoms with van der Waals surface area (Å²) in [6.45, 7) is 3.78. The normalized spacial score (nSPS) is 9.92. The second kappa shape index (κ2) is 3.17. The molecule has 0 N–H and O–H groups in total. The van der Waals surface area contributed by atoms with Gasteiger partial charge in [0.2, 0.25) is 0 Å². The maximum atomic E-state index is 5.74. The van der Waals surface area contributed by atoms with Crippen molar-refractivity contribution in [2.24, 2.45) is 0 Å². The van der Waals surface area contributed by atoms with Crippen molar-refractivity contribution in [1.29, 1.82) is 0 Å². The predicted octanol–water partition coefficient (Wildman–Crippen LogP) is -0.292. The number of hydrogen-bond donors (Lipinski definition) is 0. The fourth-order valence-electron chi connectivity index (χ4n) is 1.13. The van der Waals surface area contributed by atoms with Gasteiger partial charge < -0.3 is 0 Å². The van der Waals surface area contributed by atoms with Crippen LogP contribution in [0.1, 0.15) is 5.56 Å². The maximum absolute atomic E-state index is 5.74. The molecule has 0 saturated carbocycles. The number of hydrogen-bond acceptors (Lipinski definition) is 2. The van der Waals surface area contributed by atoms with Gasteiger partial charge in [-0.2, -0.15) is 0 Å². The third-order valence-electron chi connectivity index (χ3n) is 1.75. The first-order valence-electron chi connectivity index (χ1n) is 3.99. The summed E-state index contributed by atoms with van der Waals surface area (Å²) in [5.41, 5.74) is 1.09. The Balaban J connectivity index is 2.52. The second-order valence-electron chi connectivity index (χ2n) is 2.88. The van der Waals surface area contributed by atoms with E-state index in [0.717, 1.165) is 5.56 Å². The SMILES string of the molecule is [B]c1bccnc1-n1cc(C)cn1. The van der Waals surface area contributed by atoms with Crippen LogP contribution in [0, 0.1) is 6.92 Å². The van der Waals surface area contributed by atoms with Gasteiger partial charge in [0.25, 0.3) is 0 Å². The van der Waals surface area contributed by atoms with Crippen molar-refractivity contribution < 1.29 is 0 Å². The predicted molar refractivity (Wildman–Crippen MR) is 52.8 cm³/mol. The van der Waals surface area contributed by atoms with Crippen molar-refractivity contribution in [3.63, 3.8) is 0 Å². The summed E-state index contributed by atoms with van der Waals surface area (Å²) in [7, 11) is 5.74. The Morgan fingerprint density at radius 1 is 1.54 bits per heavy atom. The standard InChI is InChI=1S/C8H7B2N3/c1-6-4-12-13(5-6)8-7(9)10-2-3-11-8/h2-5H,1H3. The van der Waals surface area contributed by atoms with E-state index in [1.165, 1.54) is 0 Å². The van der Waals surface area contributed by atoms with Crippen LogP contribution in [-0.4, -0.2) is 29.5 Å². The Morgan fingerprint density at radius 2 is 2.38 bits per heavy atom. The van der Waals surface area contributed by atoms with Crippen LogP contribution in [0.25, 0.3) is 5.82 Å². The molecule has 2 aromatic heterocycles. The first-order valence-corrected chi connectivity index (χ1v) is 3.99. The molecule has 0 spiro atoms. The van der Waals surface area contributed by atoms with Crippen LogP contribution in [0.15, 0.2) is 24.6 Å². The molecule has 3 nitrogen and oxygen atoms in total. The van der Waals surface area contributed by atoms with Crippen molar-refractivity contribution in [2.75, 3.05) is 0 Å². The molecule has 0 aliphatic carbocycles. The summed E-state index contributed by atoms with van der Waals surface area (Å²) in [5.74, 6) is 2.48. The van der Waals surface area contributed by atoms with Gasteiger partial charge in [-0.15, -0.1) is 0 Å². The van der Waals surface area contributed by atoms with Crippen LogP contribution in [0.3, 0.4) is 0 Å². The van der Waals surface area contributed by atoms with E-state index < -0.39 is 0 Å². The summed E-state index contributed by atoms with van der Waals surface area (Å²) < 4.78 is 1.67. The molecule has 2 rings (SSSR count). The van der Waals surface area contributed by atoms with Gasteiger partial charge in [-0.25, -0.2) is 0 Å². The molecular weight excluding hydrogens is 160 g/mol. The Kier molecular flexibility index (Phi) is 2.00. The summed E-state index contributed by atoms with van der Waals surface area (Å²) in [4.78, 5) is 4.14. The van der Waals surface area contributed by atoms with Gasteiger partial charge in [-0.3, -0.25) is 0 Å². The van der Waals surface area contributed by atoms with Crippen molar-refractivity contribution in [3.8, 4) is 5.82 Å². The molecule has 0 fully saturated rings. The van der Waals surface area contributed by atoms with Gasteiger partial charge >= 0.3 is 77.7 Å². The Morgan fingerprint density at radius 3 is 3.00 bits per heavy atom. The Hall–Kier alpha value is -1.38. The summed E-state index contributed by atoms with van der Waals surface area (Å²) in [6.07, 6.45) is 5.36. The van der Waals surface area contributed by atoms with Gasteiger partial charge in [0, 0.05) is 0 Å². The van der Waals surface area contributed by atoms with E-state index in [1.807, 2.05) is 13.1 Å². The van der Waals surface area contributed by atoms with E-state index in [9.17, 15) is 0 Å². The van der Waals surface area contributed by atoms with Crippen LogP contribution >= 0.6 is 0 Å². The van der Waals surface area contributed by atoms with E-state index in [1.54, 1.807) is 29.9 Å². The van der Waals surface area contributed by atoms with Gasteiger partial charge in [-0.05, 0) is 0 Å². The molecule has 0 atom stereocenters. The Bertz CT molecular complexity index is 425. The molecule has 2 aromatic rings. The first kappa shape index (κ1) is 8.23. The molecule has 0 aromatic carbocycles. The average Bonchev–Trinajstić information content (AvgIpc) is 2.53. The van der Waals surface area contributed by atoms with E-state index in [4.69, 9.17) is 7.85 Å². The molecule has 2 radical (unpaired) electrons. The molecule has 0 saturated heterocycles. The van der Waals surface area contributed by atoms with Crippen molar-refractivity contribution >= 4 is 20.1 Å². The fraction of sp³-hybridized carbons (Fsp3) is 0.125. The molecule has 0 bridgehead atoms. The van der Waals surface area contributed by atoms with E-state index >= 15 is 0 Å². The summed E-state index contributed by atoms with van der Waals surface area (Å²) in [6, 6.07) is 0. The molecule has 60 valence electrons. The number of aryl methyl sites for hydroxylation is 1. The van der Waals surface area contributed by atoms with Gasteiger partial charge in [-0.1, -0.05) is 0 Å². The zero-order chi connectivity index (χ0) is 9.26. The molecule has 13 heavy (non-hydrogen) atoms. The van der Waals surface area contributed by atoms with Crippen LogP contribution in [0.2, 0.25) is 0 Å². The van der Waals surface area contributed by atoms with Crippen molar-refractivity contribution in [2.45, 2.75) is 6.92 Å². The molecule has 0 aliphatic heterocycles. The molecule has 0 unspecified atom stereocenters. The van der Waals surface area contributed by atoms with Gasteiger partial charge in [0.05, 0.1) is 0 Å². The average molecular weight is 167 g/mol.